The molecule has 0 fully saturated rings. The van der Waals surface area contributed by atoms with Gasteiger partial charge in [-0.15, -0.1) is 0 Å². The van der Waals surface area contributed by atoms with Gasteiger partial charge < -0.3 is 10.6 Å². The molecular weight excluding hydrogens is 360 g/mol. The molecule has 0 radical (unpaired) electrons. The zero-order valence-corrected chi connectivity index (χ0v) is 15.9. The minimum absolute atomic E-state index is 0.172. The second-order valence-corrected chi connectivity index (χ2v) is 6.73. The Morgan fingerprint density at radius 2 is 1.85 bits per heavy atom. The Bertz CT molecular complexity index is 926. The summed E-state index contributed by atoms with van der Waals surface area (Å²) in [6.07, 6.45) is 1.95. The molecule has 2 aromatic heterocycles. The molecule has 3 rings (SSSR count). The first-order valence-electron chi connectivity index (χ1n) is 8.67. The van der Waals surface area contributed by atoms with Gasteiger partial charge in [-0.25, -0.2) is 0 Å². The van der Waals surface area contributed by atoms with Crippen LogP contribution in [-0.4, -0.2) is 21.2 Å². The molecule has 6 nitrogen and oxygen atoms in total. The lowest BCUT2D eigenvalue weighted by atomic mass is 10.1. The molecule has 2 N–H and O–H groups in total. The zero-order chi connectivity index (χ0) is 19.2. The van der Waals surface area contributed by atoms with Crippen LogP contribution in [0.5, 0.6) is 0 Å². The van der Waals surface area contributed by atoms with Crippen LogP contribution in [0.4, 0.5) is 5.69 Å². The van der Waals surface area contributed by atoms with E-state index in [9.17, 15) is 9.59 Å². The van der Waals surface area contributed by atoms with Gasteiger partial charge in [-0.3, -0.25) is 14.6 Å². The number of carbonyl (C=O) groups excluding carboxylic acids is 2. The summed E-state index contributed by atoms with van der Waals surface area (Å²) in [5.41, 5.74) is 2.51. The molecule has 7 heteroatoms. The molecule has 0 aliphatic carbocycles. The van der Waals surface area contributed by atoms with Crippen molar-refractivity contribution in [3.05, 3.63) is 65.2 Å². The number of rotatable bonds is 6. The fourth-order valence-electron chi connectivity index (χ4n) is 2.55. The van der Waals surface area contributed by atoms with Crippen LogP contribution in [0.15, 0.2) is 54.7 Å². The van der Waals surface area contributed by atoms with E-state index in [1.165, 1.54) is 0 Å². The highest BCUT2D eigenvalue weighted by Crippen LogP contribution is 2.32. The molecule has 138 valence electrons. The SMILES string of the molecule is CCC(=O)Nc1c(-c2ccccn2)nsc1C(=O)NC(C)c1ccccc1. The Balaban J connectivity index is 1.91. The number of pyridine rings is 1. The van der Waals surface area contributed by atoms with Crippen molar-refractivity contribution in [2.75, 3.05) is 5.32 Å². The molecule has 1 atom stereocenters. The molecule has 0 bridgehead atoms. The van der Waals surface area contributed by atoms with Crippen molar-refractivity contribution in [2.24, 2.45) is 0 Å². The maximum absolute atomic E-state index is 12.9. The lowest BCUT2D eigenvalue weighted by Crippen LogP contribution is -2.27. The average molecular weight is 380 g/mol. The topological polar surface area (TPSA) is 84.0 Å². The number of nitrogens with one attached hydrogen (secondary N) is 2. The van der Waals surface area contributed by atoms with Crippen LogP contribution in [0.1, 0.15) is 41.5 Å². The van der Waals surface area contributed by atoms with Gasteiger partial charge in [0.25, 0.3) is 5.91 Å². The normalized spacial score (nSPS) is 11.6. The number of aromatic nitrogens is 2. The van der Waals surface area contributed by atoms with E-state index in [2.05, 4.69) is 20.0 Å². The Kier molecular flexibility index (Phi) is 5.93. The molecule has 2 heterocycles. The second kappa shape index (κ2) is 8.55. The lowest BCUT2D eigenvalue weighted by molar-refractivity contribution is -0.115. The standard InChI is InChI=1S/C20H20N4O2S/c1-3-16(25)23-18-17(15-11-7-8-12-21-15)24-27-19(18)20(26)22-13(2)14-9-5-4-6-10-14/h4-13H,3H2,1-2H3,(H,22,26)(H,23,25). The number of nitrogens with zero attached hydrogens (tertiary/aromatic N) is 2. The van der Waals surface area contributed by atoms with Gasteiger partial charge in [0.15, 0.2) is 0 Å². The van der Waals surface area contributed by atoms with E-state index in [0.29, 0.717) is 28.4 Å². The summed E-state index contributed by atoms with van der Waals surface area (Å²) >= 11 is 1.05. The molecule has 0 aliphatic heterocycles. The van der Waals surface area contributed by atoms with E-state index in [1.54, 1.807) is 25.3 Å². The second-order valence-electron chi connectivity index (χ2n) is 5.96. The molecular formula is C20H20N4O2S. The smallest absolute Gasteiger partial charge is 0.265 e. The minimum Gasteiger partial charge on any atom is -0.345 e. The van der Waals surface area contributed by atoms with Crippen LogP contribution in [0, 0.1) is 0 Å². The summed E-state index contributed by atoms with van der Waals surface area (Å²) in [6, 6.07) is 15.0. The van der Waals surface area contributed by atoms with E-state index in [-0.39, 0.29) is 17.9 Å². The van der Waals surface area contributed by atoms with Crippen LogP contribution in [0.3, 0.4) is 0 Å². The third-order valence-corrected chi connectivity index (χ3v) is 4.88. The molecule has 0 spiro atoms. The monoisotopic (exact) mass is 380 g/mol. The number of anilines is 1. The fraction of sp³-hybridized carbons (Fsp3) is 0.200. The van der Waals surface area contributed by atoms with Crippen molar-refractivity contribution in [2.45, 2.75) is 26.3 Å². The Morgan fingerprint density at radius 1 is 1.11 bits per heavy atom. The van der Waals surface area contributed by atoms with Crippen molar-refractivity contribution in [1.82, 2.24) is 14.7 Å². The van der Waals surface area contributed by atoms with Crippen molar-refractivity contribution in [3.8, 4) is 11.4 Å². The van der Waals surface area contributed by atoms with E-state index >= 15 is 0 Å². The number of carbonyl (C=O) groups is 2. The van der Waals surface area contributed by atoms with Crippen molar-refractivity contribution in [3.63, 3.8) is 0 Å². The van der Waals surface area contributed by atoms with Gasteiger partial charge in [-0.05, 0) is 36.2 Å². The van der Waals surface area contributed by atoms with Crippen LogP contribution in [0.25, 0.3) is 11.4 Å². The van der Waals surface area contributed by atoms with E-state index in [1.807, 2.05) is 43.3 Å². The molecule has 0 aliphatic rings. The highest BCUT2D eigenvalue weighted by Gasteiger charge is 2.24. The van der Waals surface area contributed by atoms with Gasteiger partial charge in [0.1, 0.15) is 10.6 Å². The molecule has 1 unspecified atom stereocenters. The largest absolute Gasteiger partial charge is 0.345 e. The first-order chi connectivity index (χ1) is 13.1. The highest BCUT2D eigenvalue weighted by atomic mass is 32.1. The van der Waals surface area contributed by atoms with Crippen molar-refractivity contribution in [1.29, 1.82) is 0 Å². The van der Waals surface area contributed by atoms with Gasteiger partial charge in [0.2, 0.25) is 5.91 Å². The quantitative estimate of drug-likeness (QED) is 0.676. The maximum atomic E-state index is 12.9. The van der Waals surface area contributed by atoms with Gasteiger partial charge in [-0.2, -0.15) is 4.37 Å². The van der Waals surface area contributed by atoms with Gasteiger partial charge in [-0.1, -0.05) is 43.3 Å². The number of hydrogen-bond acceptors (Lipinski definition) is 5. The lowest BCUT2D eigenvalue weighted by Gasteiger charge is -2.14. The van der Waals surface area contributed by atoms with Crippen LogP contribution in [-0.2, 0) is 4.79 Å². The van der Waals surface area contributed by atoms with Gasteiger partial charge in [0, 0.05) is 12.6 Å². The number of amides is 2. The van der Waals surface area contributed by atoms with Crippen molar-refractivity contribution < 1.29 is 9.59 Å². The molecule has 2 amide bonds. The summed E-state index contributed by atoms with van der Waals surface area (Å²) < 4.78 is 4.38. The predicted octanol–water partition coefficient (Wildman–Crippen LogP) is 4.04. The number of benzene rings is 1. The minimum atomic E-state index is -0.280. The van der Waals surface area contributed by atoms with Crippen LogP contribution in [0.2, 0.25) is 0 Å². The number of hydrogen-bond donors (Lipinski definition) is 2. The molecule has 1 aromatic carbocycles. The highest BCUT2D eigenvalue weighted by molar-refractivity contribution is 7.09. The van der Waals surface area contributed by atoms with Gasteiger partial charge >= 0.3 is 0 Å². The van der Waals surface area contributed by atoms with Crippen LogP contribution < -0.4 is 10.6 Å². The van der Waals surface area contributed by atoms with E-state index < -0.39 is 0 Å². The summed E-state index contributed by atoms with van der Waals surface area (Å²) in [7, 11) is 0. The Hall–Kier alpha value is -3.06. The van der Waals surface area contributed by atoms with Crippen molar-refractivity contribution >= 4 is 29.0 Å². The Labute approximate surface area is 161 Å². The summed E-state index contributed by atoms with van der Waals surface area (Å²) in [5.74, 6) is -0.463. The summed E-state index contributed by atoms with van der Waals surface area (Å²) in [4.78, 5) is 29.5. The molecule has 0 saturated carbocycles. The van der Waals surface area contributed by atoms with Crippen LogP contribution >= 0.6 is 11.5 Å². The summed E-state index contributed by atoms with van der Waals surface area (Å²) in [5, 5.41) is 5.78. The van der Waals surface area contributed by atoms with Gasteiger partial charge in [0.05, 0.1) is 17.4 Å². The summed E-state index contributed by atoms with van der Waals surface area (Å²) in [6.45, 7) is 3.67. The molecule has 3 aromatic rings. The third-order valence-electron chi connectivity index (χ3n) is 4.04. The Morgan fingerprint density at radius 3 is 2.52 bits per heavy atom. The van der Waals surface area contributed by atoms with E-state index in [0.717, 1.165) is 17.1 Å². The fourth-order valence-corrected chi connectivity index (χ4v) is 3.30. The predicted molar refractivity (Wildman–Crippen MR) is 107 cm³/mol. The average Bonchev–Trinajstić information content (AvgIpc) is 3.12. The first kappa shape index (κ1) is 18.7. The van der Waals surface area contributed by atoms with E-state index in [4.69, 9.17) is 0 Å². The maximum Gasteiger partial charge on any atom is 0.265 e. The molecule has 0 saturated heterocycles. The first-order valence-corrected chi connectivity index (χ1v) is 9.44. The molecule has 27 heavy (non-hydrogen) atoms. The third kappa shape index (κ3) is 4.38. The zero-order valence-electron chi connectivity index (χ0n) is 15.1.